The molecule has 0 aliphatic heterocycles. The molecule has 1 atom stereocenters. The molecule has 0 unspecified atom stereocenters. The van der Waals surface area contributed by atoms with Gasteiger partial charge in [-0.2, -0.15) is 0 Å². The first-order valence-electron chi connectivity index (χ1n) is 6.19. The summed E-state index contributed by atoms with van der Waals surface area (Å²) >= 11 is 7.33. The summed E-state index contributed by atoms with van der Waals surface area (Å²) in [4.78, 5) is 4.37. The lowest BCUT2D eigenvalue weighted by Gasteiger charge is -2.04. The Morgan fingerprint density at radius 3 is 2.70 bits per heavy atom. The number of aromatic nitrogens is 1. The molecule has 108 valence electrons. The number of halogens is 1. The van der Waals surface area contributed by atoms with Gasteiger partial charge >= 0.3 is 0 Å². The Kier molecular flexibility index (Phi) is 5.48. The van der Waals surface area contributed by atoms with Gasteiger partial charge in [0, 0.05) is 16.3 Å². The highest BCUT2D eigenvalue weighted by molar-refractivity contribution is 7.98. The van der Waals surface area contributed by atoms with Gasteiger partial charge in [0.25, 0.3) is 0 Å². The van der Waals surface area contributed by atoms with E-state index in [0.29, 0.717) is 22.4 Å². The van der Waals surface area contributed by atoms with E-state index >= 15 is 0 Å². The van der Waals surface area contributed by atoms with Crippen molar-refractivity contribution < 1.29 is 14.6 Å². The van der Waals surface area contributed by atoms with Gasteiger partial charge in [0.1, 0.15) is 0 Å². The molecular formula is C14H16ClNO3S. The molecule has 6 heteroatoms. The van der Waals surface area contributed by atoms with Gasteiger partial charge in [0.15, 0.2) is 5.76 Å². The summed E-state index contributed by atoms with van der Waals surface area (Å²) in [5.74, 6) is 2.36. The Labute approximate surface area is 126 Å². The number of rotatable bonds is 6. The highest BCUT2D eigenvalue weighted by atomic mass is 35.5. The number of hydrogen-bond donors (Lipinski definition) is 2. The van der Waals surface area contributed by atoms with E-state index in [9.17, 15) is 5.11 Å². The third-order valence-electron chi connectivity index (χ3n) is 2.69. The van der Waals surface area contributed by atoms with Crippen LogP contribution in [-0.4, -0.2) is 33.7 Å². The van der Waals surface area contributed by atoms with Crippen LogP contribution in [0, 0.1) is 6.92 Å². The van der Waals surface area contributed by atoms with Gasteiger partial charge < -0.3 is 14.6 Å². The van der Waals surface area contributed by atoms with Gasteiger partial charge in [0.2, 0.25) is 5.89 Å². The van der Waals surface area contributed by atoms with Crippen LogP contribution in [0.1, 0.15) is 11.6 Å². The van der Waals surface area contributed by atoms with E-state index < -0.39 is 6.10 Å². The zero-order valence-electron chi connectivity index (χ0n) is 11.0. The lowest BCUT2D eigenvalue weighted by Crippen LogP contribution is -2.14. The average Bonchev–Trinajstić information content (AvgIpc) is 2.80. The first kappa shape index (κ1) is 15.4. The molecule has 2 aromatic rings. The van der Waals surface area contributed by atoms with Crippen molar-refractivity contribution >= 4 is 23.4 Å². The van der Waals surface area contributed by atoms with Crippen LogP contribution in [0.5, 0.6) is 0 Å². The molecular weight excluding hydrogens is 298 g/mol. The summed E-state index contributed by atoms with van der Waals surface area (Å²) < 4.78 is 5.74. The maximum Gasteiger partial charge on any atom is 0.205 e. The van der Waals surface area contributed by atoms with Crippen molar-refractivity contribution in [1.29, 1.82) is 0 Å². The SMILES string of the molecule is Cc1nc(CSC[C@@H](O)CO)oc1-c1ccc(Cl)cc1. The van der Waals surface area contributed by atoms with Gasteiger partial charge in [-0.15, -0.1) is 11.8 Å². The molecule has 1 aromatic heterocycles. The zero-order chi connectivity index (χ0) is 14.5. The number of thioether (sulfide) groups is 1. The summed E-state index contributed by atoms with van der Waals surface area (Å²) in [5, 5.41) is 18.7. The smallest absolute Gasteiger partial charge is 0.205 e. The number of benzene rings is 1. The van der Waals surface area contributed by atoms with Gasteiger partial charge in [-0.3, -0.25) is 0 Å². The van der Waals surface area contributed by atoms with Gasteiger partial charge in [0.05, 0.1) is 24.2 Å². The minimum atomic E-state index is -0.702. The van der Waals surface area contributed by atoms with Crippen molar-refractivity contribution in [3.05, 3.63) is 40.9 Å². The van der Waals surface area contributed by atoms with Crippen molar-refractivity contribution in [3.63, 3.8) is 0 Å². The van der Waals surface area contributed by atoms with E-state index in [4.69, 9.17) is 21.1 Å². The number of aliphatic hydroxyl groups is 2. The normalized spacial score (nSPS) is 12.6. The van der Waals surface area contributed by atoms with Crippen LogP contribution in [0.3, 0.4) is 0 Å². The molecule has 2 rings (SSSR count). The summed E-state index contributed by atoms with van der Waals surface area (Å²) in [7, 11) is 0. The van der Waals surface area contributed by atoms with Crippen molar-refractivity contribution in [3.8, 4) is 11.3 Å². The van der Waals surface area contributed by atoms with Gasteiger partial charge in [-0.25, -0.2) is 4.98 Å². The number of nitrogens with zero attached hydrogens (tertiary/aromatic N) is 1. The third-order valence-corrected chi connectivity index (χ3v) is 4.02. The van der Waals surface area contributed by atoms with E-state index in [1.807, 2.05) is 31.2 Å². The fraction of sp³-hybridized carbons (Fsp3) is 0.357. The predicted octanol–water partition coefficient (Wildman–Crippen LogP) is 2.89. The summed E-state index contributed by atoms with van der Waals surface area (Å²) in [6.07, 6.45) is -0.702. The second-order valence-corrected chi connectivity index (χ2v) is 5.85. The minimum absolute atomic E-state index is 0.229. The Morgan fingerprint density at radius 2 is 2.05 bits per heavy atom. The first-order valence-corrected chi connectivity index (χ1v) is 7.72. The average molecular weight is 314 g/mol. The number of oxazole rings is 1. The Morgan fingerprint density at radius 1 is 1.35 bits per heavy atom. The van der Waals surface area contributed by atoms with E-state index in [-0.39, 0.29) is 6.61 Å². The fourth-order valence-electron chi connectivity index (χ4n) is 1.72. The Bertz CT molecular complexity index is 556. The fourth-order valence-corrected chi connectivity index (χ4v) is 2.64. The van der Waals surface area contributed by atoms with E-state index in [1.165, 1.54) is 11.8 Å². The maximum atomic E-state index is 9.27. The van der Waals surface area contributed by atoms with Crippen molar-refractivity contribution in [1.82, 2.24) is 4.98 Å². The molecule has 0 radical (unpaired) electrons. The van der Waals surface area contributed by atoms with Gasteiger partial charge in [-0.1, -0.05) is 11.6 Å². The Hall–Kier alpha value is -1.01. The monoisotopic (exact) mass is 313 g/mol. The lowest BCUT2D eigenvalue weighted by atomic mass is 10.1. The van der Waals surface area contributed by atoms with E-state index in [0.717, 1.165) is 17.0 Å². The predicted molar refractivity (Wildman–Crippen MR) is 80.9 cm³/mol. The Balaban J connectivity index is 2.04. The molecule has 0 fully saturated rings. The molecule has 0 aliphatic rings. The molecule has 2 N–H and O–H groups in total. The van der Waals surface area contributed by atoms with Crippen LogP contribution in [0.2, 0.25) is 5.02 Å². The van der Waals surface area contributed by atoms with Crippen LogP contribution >= 0.6 is 23.4 Å². The molecule has 0 saturated carbocycles. The molecule has 0 aliphatic carbocycles. The van der Waals surface area contributed by atoms with Crippen molar-refractivity contribution in [2.45, 2.75) is 18.8 Å². The molecule has 1 heterocycles. The maximum absolute atomic E-state index is 9.27. The second-order valence-electron chi connectivity index (χ2n) is 4.38. The number of hydrogen-bond acceptors (Lipinski definition) is 5. The molecule has 0 amide bonds. The molecule has 0 bridgehead atoms. The zero-order valence-corrected chi connectivity index (χ0v) is 12.6. The van der Waals surface area contributed by atoms with E-state index in [1.54, 1.807) is 0 Å². The second kappa shape index (κ2) is 7.13. The topological polar surface area (TPSA) is 66.5 Å². The minimum Gasteiger partial charge on any atom is -0.440 e. The first-order chi connectivity index (χ1) is 9.60. The molecule has 20 heavy (non-hydrogen) atoms. The highest BCUT2D eigenvalue weighted by Gasteiger charge is 2.12. The lowest BCUT2D eigenvalue weighted by molar-refractivity contribution is 0.113. The van der Waals surface area contributed by atoms with Crippen LogP contribution in [0.4, 0.5) is 0 Å². The molecule has 4 nitrogen and oxygen atoms in total. The largest absolute Gasteiger partial charge is 0.440 e. The van der Waals surface area contributed by atoms with Gasteiger partial charge in [-0.05, 0) is 31.2 Å². The summed E-state index contributed by atoms with van der Waals surface area (Å²) in [6.45, 7) is 1.66. The quantitative estimate of drug-likeness (QED) is 0.858. The van der Waals surface area contributed by atoms with Crippen molar-refractivity contribution in [2.75, 3.05) is 12.4 Å². The van der Waals surface area contributed by atoms with E-state index in [2.05, 4.69) is 4.98 Å². The molecule has 0 saturated heterocycles. The van der Waals surface area contributed by atoms with Crippen LogP contribution in [-0.2, 0) is 5.75 Å². The summed E-state index contributed by atoms with van der Waals surface area (Å²) in [5.41, 5.74) is 1.76. The standard InChI is InChI=1S/C14H16ClNO3S/c1-9-14(10-2-4-11(15)5-3-10)19-13(16-9)8-20-7-12(18)6-17/h2-5,12,17-18H,6-8H2,1H3/t12-/m0/s1. The third kappa shape index (κ3) is 3.99. The molecule has 1 aromatic carbocycles. The number of aliphatic hydroxyl groups excluding tert-OH is 2. The van der Waals surface area contributed by atoms with Crippen molar-refractivity contribution in [2.24, 2.45) is 0 Å². The highest BCUT2D eigenvalue weighted by Crippen LogP contribution is 2.27. The summed E-state index contributed by atoms with van der Waals surface area (Å²) in [6, 6.07) is 7.40. The van der Waals surface area contributed by atoms with Crippen LogP contribution in [0.15, 0.2) is 28.7 Å². The number of aryl methyl sites for hydroxylation is 1. The van der Waals surface area contributed by atoms with Crippen LogP contribution in [0.25, 0.3) is 11.3 Å². The molecule has 0 spiro atoms. The van der Waals surface area contributed by atoms with Crippen LogP contribution < -0.4 is 0 Å².